The van der Waals surface area contributed by atoms with Gasteiger partial charge in [-0.05, 0) is 19.1 Å². The van der Waals surface area contributed by atoms with Crippen LogP contribution in [-0.2, 0) is 6.54 Å². The normalized spacial score (nSPS) is 10.0. The molecule has 6 nitrogen and oxygen atoms in total. The van der Waals surface area contributed by atoms with Gasteiger partial charge in [0.15, 0.2) is 5.69 Å². The smallest absolute Gasteiger partial charge is 0.190 e. The molecule has 0 fully saturated rings. The molecule has 0 aliphatic rings. The molecule has 0 saturated heterocycles. The highest BCUT2D eigenvalue weighted by molar-refractivity contribution is 5.68. The lowest BCUT2D eigenvalue weighted by Crippen LogP contribution is -2.00. The van der Waals surface area contributed by atoms with E-state index in [9.17, 15) is 0 Å². The van der Waals surface area contributed by atoms with Crippen molar-refractivity contribution in [3.8, 4) is 28.8 Å². The molecule has 0 saturated carbocycles. The van der Waals surface area contributed by atoms with Crippen molar-refractivity contribution in [3.63, 3.8) is 0 Å². The number of rotatable bonds is 4. The van der Waals surface area contributed by atoms with Crippen molar-refractivity contribution in [1.29, 1.82) is 5.26 Å². The Morgan fingerprint density at radius 2 is 1.84 bits per heavy atom. The van der Waals surface area contributed by atoms with Crippen molar-refractivity contribution in [3.05, 3.63) is 23.9 Å². The van der Waals surface area contributed by atoms with Gasteiger partial charge in [-0.3, -0.25) is 0 Å². The van der Waals surface area contributed by atoms with Crippen LogP contribution >= 0.6 is 0 Å². The average molecular weight is 258 g/mol. The highest BCUT2D eigenvalue weighted by Crippen LogP contribution is 2.30. The van der Waals surface area contributed by atoms with Crippen LogP contribution in [0.15, 0.2) is 18.2 Å². The number of aryl methyl sites for hydroxylation is 1. The van der Waals surface area contributed by atoms with E-state index in [0.29, 0.717) is 23.7 Å². The van der Waals surface area contributed by atoms with Gasteiger partial charge in [-0.2, -0.15) is 5.26 Å². The molecule has 0 radical (unpaired) electrons. The zero-order chi connectivity index (χ0) is 13.8. The Morgan fingerprint density at radius 1 is 1.21 bits per heavy atom. The molecule has 0 aliphatic carbocycles. The summed E-state index contributed by atoms with van der Waals surface area (Å²) in [6, 6.07) is 7.48. The Balaban J connectivity index is 2.64. The summed E-state index contributed by atoms with van der Waals surface area (Å²) in [6.45, 7) is 2.57. The van der Waals surface area contributed by atoms with Crippen molar-refractivity contribution in [2.75, 3.05) is 14.2 Å². The second-order valence-corrected chi connectivity index (χ2v) is 3.82. The molecule has 19 heavy (non-hydrogen) atoms. The van der Waals surface area contributed by atoms with Gasteiger partial charge >= 0.3 is 0 Å². The molecule has 0 unspecified atom stereocenters. The fraction of sp³-hybridized carbons (Fsp3) is 0.308. The Morgan fingerprint density at radius 3 is 2.32 bits per heavy atom. The Hall–Kier alpha value is -2.55. The van der Waals surface area contributed by atoms with Gasteiger partial charge in [0.25, 0.3) is 0 Å². The lowest BCUT2D eigenvalue weighted by Gasteiger charge is -2.09. The average Bonchev–Trinajstić information content (AvgIpc) is 2.89. The molecule has 0 aliphatic heterocycles. The minimum absolute atomic E-state index is 0.289. The highest BCUT2D eigenvalue weighted by Gasteiger charge is 2.15. The van der Waals surface area contributed by atoms with Crippen LogP contribution in [0.3, 0.4) is 0 Å². The SMILES string of the molecule is CCn1nnc(C#N)c1-c1cc(OC)cc(OC)c1. The third kappa shape index (κ3) is 2.36. The summed E-state index contributed by atoms with van der Waals surface area (Å²) in [4.78, 5) is 0. The summed E-state index contributed by atoms with van der Waals surface area (Å²) < 4.78 is 12.1. The summed E-state index contributed by atoms with van der Waals surface area (Å²) in [7, 11) is 3.16. The first-order chi connectivity index (χ1) is 9.23. The van der Waals surface area contributed by atoms with E-state index in [1.54, 1.807) is 25.0 Å². The topological polar surface area (TPSA) is 73.0 Å². The summed E-state index contributed by atoms with van der Waals surface area (Å²) in [5.74, 6) is 1.31. The van der Waals surface area contributed by atoms with Gasteiger partial charge in [0.05, 0.1) is 14.2 Å². The van der Waals surface area contributed by atoms with E-state index >= 15 is 0 Å². The predicted molar refractivity (Wildman–Crippen MR) is 69.0 cm³/mol. The number of benzene rings is 1. The zero-order valence-electron chi connectivity index (χ0n) is 11.0. The third-order valence-corrected chi connectivity index (χ3v) is 2.77. The zero-order valence-corrected chi connectivity index (χ0v) is 11.0. The van der Waals surface area contributed by atoms with Crippen molar-refractivity contribution >= 4 is 0 Å². The number of methoxy groups -OCH3 is 2. The summed E-state index contributed by atoms with van der Waals surface area (Å²) in [6.07, 6.45) is 0. The van der Waals surface area contributed by atoms with Crippen molar-refractivity contribution in [2.24, 2.45) is 0 Å². The molecule has 0 amide bonds. The maximum absolute atomic E-state index is 9.11. The van der Waals surface area contributed by atoms with E-state index in [2.05, 4.69) is 10.3 Å². The van der Waals surface area contributed by atoms with Crippen LogP contribution in [0.4, 0.5) is 0 Å². The predicted octanol–water partition coefficient (Wildman–Crippen LogP) is 1.85. The largest absolute Gasteiger partial charge is 0.497 e. The van der Waals surface area contributed by atoms with Crippen molar-refractivity contribution < 1.29 is 9.47 Å². The molecule has 0 atom stereocenters. The molecule has 2 aromatic rings. The molecular formula is C13H14N4O2. The summed E-state index contributed by atoms with van der Waals surface area (Å²) in [5.41, 5.74) is 1.75. The molecule has 1 aromatic heterocycles. The van der Waals surface area contributed by atoms with Crippen LogP contribution in [0.2, 0.25) is 0 Å². The number of hydrogen-bond acceptors (Lipinski definition) is 5. The van der Waals surface area contributed by atoms with Gasteiger partial charge < -0.3 is 9.47 Å². The van der Waals surface area contributed by atoms with E-state index in [4.69, 9.17) is 14.7 Å². The molecule has 0 spiro atoms. The Kier molecular flexibility index (Phi) is 3.66. The van der Waals surface area contributed by atoms with Crippen LogP contribution in [0.25, 0.3) is 11.3 Å². The first kappa shape index (κ1) is 12.9. The second-order valence-electron chi connectivity index (χ2n) is 3.82. The minimum Gasteiger partial charge on any atom is -0.497 e. The maximum atomic E-state index is 9.11. The fourth-order valence-corrected chi connectivity index (χ4v) is 1.84. The number of ether oxygens (including phenoxy) is 2. The van der Waals surface area contributed by atoms with Gasteiger partial charge in [0, 0.05) is 18.2 Å². The van der Waals surface area contributed by atoms with E-state index in [0.717, 1.165) is 5.56 Å². The molecule has 1 heterocycles. The Labute approximate surface area is 111 Å². The van der Waals surface area contributed by atoms with Gasteiger partial charge in [0.2, 0.25) is 0 Å². The molecular weight excluding hydrogens is 244 g/mol. The van der Waals surface area contributed by atoms with Crippen LogP contribution in [-0.4, -0.2) is 29.2 Å². The fourth-order valence-electron chi connectivity index (χ4n) is 1.84. The van der Waals surface area contributed by atoms with E-state index in [1.165, 1.54) is 0 Å². The highest BCUT2D eigenvalue weighted by atomic mass is 16.5. The van der Waals surface area contributed by atoms with Gasteiger partial charge in [-0.15, -0.1) is 5.10 Å². The van der Waals surface area contributed by atoms with Crippen molar-refractivity contribution in [1.82, 2.24) is 15.0 Å². The van der Waals surface area contributed by atoms with Crippen LogP contribution in [0, 0.1) is 11.3 Å². The molecule has 0 N–H and O–H groups in total. The van der Waals surface area contributed by atoms with E-state index in [1.807, 2.05) is 25.1 Å². The number of nitriles is 1. The number of nitrogens with zero attached hydrogens (tertiary/aromatic N) is 4. The molecule has 2 rings (SSSR count). The molecule has 6 heteroatoms. The lowest BCUT2D eigenvalue weighted by molar-refractivity contribution is 0.394. The van der Waals surface area contributed by atoms with Gasteiger partial charge in [-0.25, -0.2) is 4.68 Å². The lowest BCUT2D eigenvalue weighted by atomic mass is 10.1. The van der Waals surface area contributed by atoms with Crippen LogP contribution in [0.5, 0.6) is 11.5 Å². The van der Waals surface area contributed by atoms with Crippen molar-refractivity contribution in [2.45, 2.75) is 13.5 Å². The minimum atomic E-state index is 0.289. The molecule has 0 bridgehead atoms. The first-order valence-electron chi connectivity index (χ1n) is 5.80. The number of hydrogen-bond donors (Lipinski definition) is 0. The monoisotopic (exact) mass is 258 g/mol. The van der Waals surface area contributed by atoms with E-state index in [-0.39, 0.29) is 5.69 Å². The Bertz CT molecular complexity index is 606. The standard InChI is InChI=1S/C13H14N4O2/c1-4-17-13(12(8-14)15-16-17)9-5-10(18-2)7-11(6-9)19-3/h5-7H,4H2,1-3H3. The van der Waals surface area contributed by atoms with E-state index < -0.39 is 0 Å². The van der Waals surface area contributed by atoms with Crippen LogP contribution < -0.4 is 9.47 Å². The van der Waals surface area contributed by atoms with Crippen LogP contribution in [0.1, 0.15) is 12.6 Å². The first-order valence-corrected chi connectivity index (χ1v) is 5.80. The van der Waals surface area contributed by atoms with Gasteiger partial charge in [-0.1, -0.05) is 5.21 Å². The molecule has 1 aromatic carbocycles. The maximum Gasteiger partial charge on any atom is 0.190 e. The van der Waals surface area contributed by atoms with Gasteiger partial charge in [0.1, 0.15) is 23.3 Å². The quantitative estimate of drug-likeness (QED) is 0.836. The molecule has 98 valence electrons. The third-order valence-electron chi connectivity index (χ3n) is 2.77. The second kappa shape index (κ2) is 5.40. The summed E-state index contributed by atoms with van der Waals surface area (Å²) in [5, 5.41) is 16.9. The summed E-state index contributed by atoms with van der Waals surface area (Å²) >= 11 is 0. The number of aromatic nitrogens is 3.